The second kappa shape index (κ2) is 3.45. The molecule has 0 saturated carbocycles. The van der Waals surface area contributed by atoms with Gasteiger partial charge in [0.15, 0.2) is 11.0 Å². The van der Waals surface area contributed by atoms with Crippen molar-refractivity contribution in [3.8, 4) is 0 Å². The first-order valence-corrected chi connectivity index (χ1v) is 4.22. The first kappa shape index (κ1) is 8.87. The highest BCUT2D eigenvalue weighted by molar-refractivity contribution is 9.09. The van der Waals surface area contributed by atoms with Gasteiger partial charge in [-0.25, -0.2) is 14.4 Å². The van der Waals surface area contributed by atoms with Crippen LogP contribution in [0, 0.1) is 5.82 Å². The van der Waals surface area contributed by atoms with Crippen molar-refractivity contribution in [2.45, 2.75) is 11.8 Å². The summed E-state index contributed by atoms with van der Waals surface area (Å²) in [4.78, 5) is 7.41. The van der Waals surface area contributed by atoms with E-state index in [4.69, 9.17) is 11.6 Å². The Kier molecular flexibility index (Phi) is 2.78. The van der Waals surface area contributed by atoms with Gasteiger partial charge >= 0.3 is 0 Å². The van der Waals surface area contributed by atoms with Gasteiger partial charge in [-0.15, -0.1) is 0 Å². The molecule has 1 rings (SSSR count). The van der Waals surface area contributed by atoms with E-state index in [1.807, 2.05) is 6.92 Å². The average molecular weight is 239 g/mol. The van der Waals surface area contributed by atoms with Gasteiger partial charge in [-0.2, -0.15) is 0 Å². The van der Waals surface area contributed by atoms with Crippen molar-refractivity contribution in [2.75, 3.05) is 0 Å². The zero-order valence-corrected chi connectivity index (χ0v) is 8.02. The molecule has 1 aromatic heterocycles. The van der Waals surface area contributed by atoms with Gasteiger partial charge < -0.3 is 0 Å². The molecule has 5 heteroatoms. The van der Waals surface area contributed by atoms with Gasteiger partial charge in [-0.1, -0.05) is 27.5 Å². The van der Waals surface area contributed by atoms with E-state index in [2.05, 4.69) is 25.9 Å². The van der Waals surface area contributed by atoms with Gasteiger partial charge in [-0.3, -0.25) is 0 Å². The molecule has 0 aromatic carbocycles. The third-order valence-corrected chi connectivity index (χ3v) is 1.75. The Balaban J connectivity index is 3.05. The van der Waals surface area contributed by atoms with Crippen LogP contribution in [-0.4, -0.2) is 9.97 Å². The fourth-order valence-electron chi connectivity index (χ4n) is 0.551. The Morgan fingerprint density at radius 1 is 1.73 bits per heavy atom. The lowest BCUT2D eigenvalue weighted by atomic mass is 10.4. The van der Waals surface area contributed by atoms with Crippen molar-refractivity contribution in [3.63, 3.8) is 0 Å². The fourth-order valence-corrected chi connectivity index (χ4v) is 0.907. The Morgan fingerprint density at radius 2 is 2.36 bits per heavy atom. The highest BCUT2D eigenvalue weighted by Gasteiger charge is 2.07. The topological polar surface area (TPSA) is 25.8 Å². The van der Waals surface area contributed by atoms with Gasteiger partial charge in [0.25, 0.3) is 0 Å². The van der Waals surface area contributed by atoms with Crippen LogP contribution in [0.3, 0.4) is 0 Å². The molecular formula is C6H5BrClFN2. The molecule has 0 radical (unpaired) electrons. The summed E-state index contributed by atoms with van der Waals surface area (Å²) in [5.74, 6) is -0.111. The molecule has 0 aliphatic heterocycles. The lowest BCUT2D eigenvalue weighted by molar-refractivity contribution is 0.609. The molecule has 0 aliphatic rings. The van der Waals surface area contributed by atoms with Crippen LogP contribution >= 0.6 is 27.5 Å². The van der Waals surface area contributed by atoms with Crippen LogP contribution in [0.25, 0.3) is 0 Å². The van der Waals surface area contributed by atoms with Gasteiger partial charge in [0.05, 0.1) is 11.0 Å². The maximum absolute atomic E-state index is 12.5. The largest absolute Gasteiger partial charge is 0.237 e. The summed E-state index contributed by atoms with van der Waals surface area (Å²) in [6.45, 7) is 1.84. The van der Waals surface area contributed by atoms with Gasteiger partial charge in [-0.05, 0) is 6.92 Å². The number of hydrogen-bond acceptors (Lipinski definition) is 2. The van der Waals surface area contributed by atoms with E-state index < -0.39 is 5.82 Å². The van der Waals surface area contributed by atoms with Crippen LogP contribution in [-0.2, 0) is 0 Å². The van der Waals surface area contributed by atoms with Crippen molar-refractivity contribution in [1.29, 1.82) is 0 Å². The summed E-state index contributed by atoms with van der Waals surface area (Å²) in [5, 5.41) is -0.138. The third-order valence-electron chi connectivity index (χ3n) is 1.08. The number of nitrogens with zero attached hydrogens (tertiary/aromatic N) is 2. The molecule has 0 fully saturated rings. The molecule has 1 atom stereocenters. The number of alkyl halides is 1. The molecule has 1 aromatic rings. The van der Waals surface area contributed by atoms with E-state index in [0.29, 0.717) is 5.82 Å². The minimum absolute atomic E-state index is 0.0133. The highest BCUT2D eigenvalue weighted by Crippen LogP contribution is 2.19. The zero-order valence-electron chi connectivity index (χ0n) is 5.68. The molecule has 0 amide bonds. The summed E-state index contributed by atoms with van der Waals surface area (Å²) in [5.41, 5.74) is 0. The second-order valence-electron chi connectivity index (χ2n) is 1.98. The number of hydrogen-bond donors (Lipinski definition) is 0. The molecule has 2 nitrogen and oxygen atoms in total. The van der Waals surface area contributed by atoms with Crippen LogP contribution in [0.2, 0.25) is 5.15 Å². The Morgan fingerprint density at radius 3 is 2.82 bits per heavy atom. The smallest absolute Gasteiger partial charge is 0.178 e. The van der Waals surface area contributed by atoms with E-state index in [9.17, 15) is 4.39 Å². The average Bonchev–Trinajstić information content (AvgIpc) is 1.94. The van der Waals surface area contributed by atoms with Crippen LogP contribution in [0.5, 0.6) is 0 Å². The van der Waals surface area contributed by atoms with Crippen LogP contribution in [0.1, 0.15) is 17.6 Å². The quantitative estimate of drug-likeness (QED) is 0.556. The maximum Gasteiger partial charge on any atom is 0.178 e. The summed E-state index contributed by atoms with van der Waals surface area (Å²) in [6, 6.07) is 0. The third kappa shape index (κ3) is 2.10. The molecule has 0 bridgehead atoms. The minimum atomic E-state index is -0.594. The molecule has 0 N–H and O–H groups in total. The molecule has 60 valence electrons. The predicted octanol–water partition coefficient (Wildman–Crippen LogP) is 2.73. The van der Waals surface area contributed by atoms with Crippen LogP contribution in [0.15, 0.2) is 6.20 Å². The minimum Gasteiger partial charge on any atom is -0.237 e. The Labute approximate surface area is 76.9 Å². The first-order valence-electron chi connectivity index (χ1n) is 2.93. The molecule has 0 aliphatic carbocycles. The van der Waals surface area contributed by atoms with Crippen molar-refractivity contribution >= 4 is 27.5 Å². The Hall–Kier alpha value is -0.220. The summed E-state index contributed by atoms with van der Waals surface area (Å²) >= 11 is 8.65. The fraction of sp³-hybridized carbons (Fsp3) is 0.333. The Bertz CT molecular complexity index is 267. The second-order valence-corrected chi connectivity index (χ2v) is 3.71. The number of rotatable bonds is 1. The summed E-state index contributed by atoms with van der Waals surface area (Å²) < 4.78 is 12.5. The van der Waals surface area contributed by atoms with Crippen LogP contribution < -0.4 is 0 Å². The van der Waals surface area contributed by atoms with Gasteiger partial charge in [0, 0.05) is 0 Å². The molecule has 0 saturated heterocycles. The van der Waals surface area contributed by atoms with Crippen LogP contribution in [0.4, 0.5) is 4.39 Å². The van der Waals surface area contributed by atoms with Gasteiger partial charge in [0.1, 0.15) is 5.82 Å². The first-order chi connectivity index (χ1) is 5.11. The standard InChI is InChI=1S/C6H5BrClFN2/c1-3(7)6-10-2-4(9)5(8)11-6/h2-3H,1H3. The SMILES string of the molecule is CC(Br)c1ncc(F)c(Cl)n1. The molecule has 1 heterocycles. The monoisotopic (exact) mass is 238 g/mol. The zero-order chi connectivity index (χ0) is 8.43. The highest BCUT2D eigenvalue weighted by atomic mass is 79.9. The predicted molar refractivity (Wildman–Crippen MR) is 44.3 cm³/mol. The molecular weight excluding hydrogens is 234 g/mol. The van der Waals surface area contributed by atoms with Gasteiger partial charge in [0.2, 0.25) is 0 Å². The lowest BCUT2D eigenvalue weighted by Gasteiger charge is -2.00. The van der Waals surface area contributed by atoms with E-state index in [1.54, 1.807) is 0 Å². The molecule has 0 spiro atoms. The molecule has 1 unspecified atom stereocenters. The molecule has 11 heavy (non-hydrogen) atoms. The van der Waals surface area contributed by atoms with E-state index in [0.717, 1.165) is 6.20 Å². The van der Waals surface area contributed by atoms with Crippen molar-refractivity contribution in [2.24, 2.45) is 0 Å². The van der Waals surface area contributed by atoms with Crippen molar-refractivity contribution in [3.05, 3.63) is 23.0 Å². The van der Waals surface area contributed by atoms with Crippen molar-refractivity contribution < 1.29 is 4.39 Å². The summed E-state index contributed by atoms with van der Waals surface area (Å²) in [7, 11) is 0. The van der Waals surface area contributed by atoms with E-state index >= 15 is 0 Å². The normalized spacial score (nSPS) is 13.1. The summed E-state index contributed by atoms with van der Waals surface area (Å²) in [6.07, 6.45) is 1.06. The van der Waals surface area contributed by atoms with E-state index in [1.165, 1.54) is 0 Å². The number of aromatic nitrogens is 2. The maximum atomic E-state index is 12.5. The van der Waals surface area contributed by atoms with Crippen molar-refractivity contribution in [1.82, 2.24) is 9.97 Å². The van der Waals surface area contributed by atoms with E-state index in [-0.39, 0.29) is 9.98 Å². The lowest BCUT2D eigenvalue weighted by Crippen LogP contribution is -1.96. The number of halogens is 3.